The number of carbonyl (C=O) groups is 1. The van der Waals surface area contributed by atoms with Crippen LogP contribution >= 0.6 is 0 Å². The Morgan fingerprint density at radius 2 is 1.87 bits per heavy atom. The molecule has 0 unspecified atom stereocenters. The van der Waals surface area contributed by atoms with Crippen LogP contribution in [0.5, 0.6) is 5.75 Å². The van der Waals surface area contributed by atoms with Crippen molar-refractivity contribution < 1.29 is 22.7 Å². The summed E-state index contributed by atoms with van der Waals surface area (Å²) < 4.78 is 41.4. The number of nitrogens with zero attached hydrogens (tertiary/aromatic N) is 1. The number of para-hydroxylation sites is 1. The van der Waals surface area contributed by atoms with Crippen LogP contribution in [-0.2, 0) is 11.3 Å². The Kier molecular flexibility index (Phi) is 5.19. The number of alkyl halides is 3. The lowest BCUT2D eigenvalue weighted by Crippen LogP contribution is -2.55. The van der Waals surface area contributed by atoms with E-state index in [0.29, 0.717) is 18.4 Å². The van der Waals surface area contributed by atoms with Gasteiger partial charge < -0.3 is 15.4 Å². The van der Waals surface area contributed by atoms with Crippen molar-refractivity contribution >= 4 is 5.91 Å². The SMILES string of the molecule is CN(Cc1ccccc1OC(F)(F)F)C(=O)C1(N)CCCCC1. The molecule has 1 aromatic carbocycles. The van der Waals surface area contributed by atoms with E-state index in [-0.39, 0.29) is 18.2 Å². The molecule has 1 fully saturated rings. The fourth-order valence-electron chi connectivity index (χ4n) is 2.96. The van der Waals surface area contributed by atoms with Crippen LogP contribution in [0, 0.1) is 0 Å². The monoisotopic (exact) mass is 330 g/mol. The van der Waals surface area contributed by atoms with Crippen LogP contribution in [0.15, 0.2) is 24.3 Å². The smallest absolute Gasteiger partial charge is 0.405 e. The molecule has 2 rings (SSSR count). The van der Waals surface area contributed by atoms with E-state index in [2.05, 4.69) is 4.74 Å². The quantitative estimate of drug-likeness (QED) is 0.922. The minimum Gasteiger partial charge on any atom is -0.405 e. The average Bonchev–Trinajstić information content (AvgIpc) is 2.47. The zero-order valence-electron chi connectivity index (χ0n) is 13.0. The molecular formula is C16H21F3N2O2. The molecule has 23 heavy (non-hydrogen) atoms. The summed E-state index contributed by atoms with van der Waals surface area (Å²) in [6.07, 6.45) is -0.712. The number of nitrogens with two attached hydrogens (primary N) is 1. The topological polar surface area (TPSA) is 55.6 Å². The Hall–Kier alpha value is -1.76. The van der Waals surface area contributed by atoms with Crippen LogP contribution in [0.3, 0.4) is 0 Å². The summed E-state index contributed by atoms with van der Waals surface area (Å²) >= 11 is 0. The fourth-order valence-corrected chi connectivity index (χ4v) is 2.96. The first-order valence-electron chi connectivity index (χ1n) is 7.59. The molecule has 1 saturated carbocycles. The Morgan fingerprint density at radius 3 is 2.48 bits per heavy atom. The van der Waals surface area contributed by atoms with E-state index in [0.717, 1.165) is 19.3 Å². The first kappa shape index (κ1) is 17.6. The maximum atomic E-state index is 12.6. The number of ether oxygens (including phenoxy) is 1. The number of halogens is 3. The highest BCUT2D eigenvalue weighted by Gasteiger charge is 2.38. The molecule has 1 aromatic rings. The molecule has 0 bridgehead atoms. The number of likely N-dealkylation sites (N-methyl/N-ethyl adjacent to an activating group) is 1. The molecule has 0 heterocycles. The van der Waals surface area contributed by atoms with Gasteiger partial charge in [-0.05, 0) is 18.9 Å². The van der Waals surface area contributed by atoms with E-state index in [1.807, 2.05) is 0 Å². The van der Waals surface area contributed by atoms with Crippen LogP contribution in [-0.4, -0.2) is 29.8 Å². The lowest BCUT2D eigenvalue weighted by Gasteiger charge is -2.35. The van der Waals surface area contributed by atoms with Crippen molar-refractivity contribution in [2.45, 2.75) is 50.6 Å². The molecule has 7 heteroatoms. The highest BCUT2D eigenvalue weighted by atomic mass is 19.4. The maximum Gasteiger partial charge on any atom is 0.573 e. The number of hydrogen-bond acceptors (Lipinski definition) is 3. The third-order valence-corrected chi connectivity index (χ3v) is 4.12. The summed E-state index contributed by atoms with van der Waals surface area (Å²) in [6.45, 7) is 0.0179. The van der Waals surface area contributed by atoms with Crippen molar-refractivity contribution in [2.24, 2.45) is 5.73 Å². The van der Waals surface area contributed by atoms with Crippen LogP contribution in [0.4, 0.5) is 13.2 Å². The summed E-state index contributed by atoms with van der Waals surface area (Å²) in [4.78, 5) is 13.9. The highest BCUT2D eigenvalue weighted by Crippen LogP contribution is 2.30. The molecule has 4 nitrogen and oxygen atoms in total. The van der Waals surface area contributed by atoms with Gasteiger partial charge in [-0.2, -0.15) is 0 Å². The van der Waals surface area contributed by atoms with E-state index in [9.17, 15) is 18.0 Å². The molecule has 2 N–H and O–H groups in total. The Labute approximate surface area is 133 Å². The van der Waals surface area contributed by atoms with Crippen molar-refractivity contribution in [3.63, 3.8) is 0 Å². The minimum atomic E-state index is -4.77. The molecule has 0 saturated heterocycles. The van der Waals surface area contributed by atoms with E-state index in [1.54, 1.807) is 13.1 Å². The van der Waals surface area contributed by atoms with Gasteiger partial charge in [-0.15, -0.1) is 13.2 Å². The molecule has 128 valence electrons. The summed E-state index contributed by atoms with van der Waals surface area (Å²) in [7, 11) is 1.55. The number of benzene rings is 1. The van der Waals surface area contributed by atoms with Gasteiger partial charge in [0.2, 0.25) is 5.91 Å². The van der Waals surface area contributed by atoms with Crippen molar-refractivity contribution in [3.05, 3.63) is 29.8 Å². The summed E-state index contributed by atoms with van der Waals surface area (Å²) in [5.74, 6) is -0.534. The van der Waals surface area contributed by atoms with Crippen LogP contribution < -0.4 is 10.5 Å². The van der Waals surface area contributed by atoms with Crippen molar-refractivity contribution in [1.82, 2.24) is 4.90 Å². The summed E-state index contributed by atoms with van der Waals surface area (Å²) in [5.41, 5.74) is 5.58. The van der Waals surface area contributed by atoms with Gasteiger partial charge in [-0.25, -0.2) is 0 Å². The molecule has 0 radical (unpaired) electrons. The number of hydrogen-bond donors (Lipinski definition) is 1. The zero-order valence-corrected chi connectivity index (χ0v) is 13.0. The first-order valence-corrected chi connectivity index (χ1v) is 7.59. The zero-order chi connectivity index (χ0) is 17.1. The normalized spacial score (nSPS) is 17.6. The summed E-state index contributed by atoms with van der Waals surface area (Å²) in [6, 6.07) is 5.81. The average molecular weight is 330 g/mol. The molecule has 1 aliphatic carbocycles. The Balaban J connectivity index is 2.11. The second-order valence-corrected chi connectivity index (χ2v) is 6.03. The van der Waals surface area contributed by atoms with Crippen molar-refractivity contribution in [2.75, 3.05) is 7.05 Å². The van der Waals surface area contributed by atoms with Crippen LogP contribution in [0.2, 0.25) is 0 Å². The largest absolute Gasteiger partial charge is 0.573 e. The highest BCUT2D eigenvalue weighted by molar-refractivity contribution is 5.86. The fraction of sp³-hybridized carbons (Fsp3) is 0.562. The van der Waals surface area contributed by atoms with Gasteiger partial charge in [-0.1, -0.05) is 37.5 Å². The second-order valence-electron chi connectivity index (χ2n) is 6.03. The predicted octanol–water partition coefficient (Wildman–Crippen LogP) is 3.21. The second kappa shape index (κ2) is 6.78. The van der Waals surface area contributed by atoms with Crippen LogP contribution in [0.25, 0.3) is 0 Å². The van der Waals surface area contributed by atoms with E-state index >= 15 is 0 Å². The number of rotatable bonds is 4. The third kappa shape index (κ3) is 4.60. The number of carbonyl (C=O) groups excluding carboxylic acids is 1. The molecular weight excluding hydrogens is 309 g/mol. The molecule has 1 amide bonds. The molecule has 1 aliphatic rings. The first-order chi connectivity index (χ1) is 10.7. The third-order valence-electron chi connectivity index (χ3n) is 4.12. The van der Waals surface area contributed by atoms with Gasteiger partial charge in [-0.3, -0.25) is 4.79 Å². The van der Waals surface area contributed by atoms with Gasteiger partial charge in [0, 0.05) is 19.2 Å². The van der Waals surface area contributed by atoms with Gasteiger partial charge >= 0.3 is 6.36 Å². The Bertz CT molecular complexity index is 555. The molecule has 0 atom stereocenters. The van der Waals surface area contributed by atoms with Crippen molar-refractivity contribution in [1.29, 1.82) is 0 Å². The van der Waals surface area contributed by atoms with Gasteiger partial charge in [0.1, 0.15) is 5.75 Å². The van der Waals surface area contributed by atoms with E-state index in [1.165, 1.54) is 23.1 Å². The van der Waals surface area contributed by atoms with Gasteiger partial charge in [0.05, 0.1) is 5.54 Å². The van der Waals surface area contributed by atoms with Crippen LogP contribution in [0.1, 0.15) is 37.7 Å². The van der Waals surface area contributed by atoms with E-state index < -0.39 is 11.9 Å². The summed E-state index contributed by atoms with van der Waals surface area (Å²) in [5, 5.41) is 0. The predicted molar refractivity (Wildman–Crippen MR) is 79.6 cm³/mol. The number of amides is 1. The Morgan fingerprint density at radius 1 is 1.26 bits per heavy atom. The maximum absolute atomic E-state index is 12.6. The molecule has 0 aliphatic heterocycles. The minimum absolute atomic E-state index is 0.0179. The van der Waals surface area contributed by atoms with E-state index in [4.69, 9.17) is 5.73 Å². The molecule has 0 spiro atoms. The van der Waals surface area contributed by atoms with Gasteiger partial charge in [0.15, 0.2) is 0 Å². The van der Waals surface area contributed by atoms with Crippen molar-refractivity contribution in [3.8, 4) is 5.75 Å². The lowest BCUT2D eigenvalue weighted by atomic mass is 9.81. The standard InChI is InChI=1S/C16H21F3N2O2/c1-21(14(22)15(20)9-5-2-6-10-15)11-12-7-3-4-8-13(12)23-16(17,18)19/h3-4,7-8H,2,5-6,9-11,20H2,1H3. The molecule has 0 aromatic heterocycles. The van der Waals surface area contributed by atoms with Gasteiger partial charge in [0.25, 0.3) is 0 Å². The lowest BCUT2D eigenvalue weighted by molar-refractivity contribution is -0.275.